The maximum absolute atomic E-state index is 11.8. The second kappa shape index (κ2) is 7.66. The summed E-state index contributed by atoms with van der Waals surface area (Å²) in [5.41, 5.74) is 5.43. The van der Waals surface area contributed by atoms with Crippen LogP contribution in [0.2, 0.25) is 5.02 Å². The van der Waals surface area contributed by atoms with Crippen molar-refractivity contribution in [2.24, 2.45) is 12.1 Å². The number of ether oxygens (including phenoxy) is 1. The number of nitriles is 1. The lowest BCUT2D eigenvalue weighted by atomic mass is 10.2. The highest BCUT2D eigenvalue weighted by molar-refractivity contribution is 6.30. The summed E-state index contributed by atoms with van der Waals surface area (Å²) in [5, 5.41) is 13.5. The fourth-order valence-corrected chi connectivity index (χ4v) is 2.31. The Balaban J connectivity index is 1.90. The van der Waals surface area contributed by atoms with Crippen molar-refractivity contribution in [2.75, 3.05) is 6.61 Å². The molecule has 1 aromatic heterocycles. The summed E-state index contributed by atoms with van der Waals surface area (Å²) in [4.78, 5) is 11.8. The first kappa shape index (κ1) is 17.6. The Morgan fingerprint density at radius 1 is 1.46 bits per heavy atom. The first-order valence-electron chi connectivity index (χ1n) is 7.19. The van der Waals surface area contributed by atoms with E-state index in [9.17, 15) is 4.79 Å². The standard InChI is InChI=1S/C17H17ClN4O2/c1-11-6-14(18)4-5-16(11)24-10-17(23)21-20-9-13-7-15(8-19)22(3)12(13)2/h4-7,9H,10H2,1-3H3,(H,21,23)/b20-9-. The maximum Gasteiger partial charge on any atom is 0.277 e. The molecule has 0 unspecified atom stereocenters. The maximum atomic E-state index is 11.8. The smallest absolute Gasteiger partial charge is 0.277 e. The molecule has 0 fully saturated rings. The van der Waals surface area contributed by atoms with Gasteiger partial charge >= 0.3 is 0 Å². The van der Waals surface area contributed by atoms with Crippen LogP contribution in [-0.2, 0) is 11.8 Å². The molecule has 24 heavy (non-hydrogen) atoms. The lowest BCUT2D eigenvalue weighted by molar-refractivity contribution is -0.123. The Labute approximate surface area is 145 Å². The van der Waals surface area contributed by atoms with Gasteiger partial charge in [0.1, 0.15) is 17.5 Å². The molecule has 0 atom stereocenters. The van der Waals surface area contributed by atoms with E-state index in [0.717, 1.165) is 16.8 Å². The van der Waals surface area contributed by atoms with Gasteiger partial charge in [0.15, 0.2) is 6.61 Å². The summed E-state index contributed by atoms with van der Waals surface area (Å²) in [7, 11) is 1.80. The molecule has 0 aliphatic carbocycles. The lowest BCUT2D eigenvalue weighted by Gasteiger charge is -2.08. The first-order valence-corrected chi connectivity index (χ1v) is 7.57. The lowest BCUT2D eigenvalue weighted by Crippen LogP contribution is -2.24. The van der Waals surface area contributed by atoms with Crippen molar-refractivity contribution in [3.05, 3.63) is 51.8 Å². The van der Waals surface area contributed by atoms with Crippen LogP contribution in [0.3, 0.4) is 0 Å². The molecule has 2 aromatic rings. The van der Waals surface area contributed by atoms with Gasteiger partial charge in [0.25, 0.3) is 5.91 Å². The van der Waals surface area contributed by atoms with Crippen molar-refractivity contribution in [1.29, 1.82) is 5.26 Å². The highest BCUT2D eigenvalue weighted by Crippen LogP contribution is 2.21. The molecule has 1 aromatic carbocycles. The molecule has 0 bridgehead atoms. The molecular formula is C17H17ClN4O2. The van der Waals surface area contributed by atoms with Crippen molar-refractivity contribution in [2.45, 2.75) is 13.8 Å². The van der Waals surface area contributed by atoms with Crippen LogP contribution in [0.15, 0.2) is 29.4 Å². The summed E-state index contributed by atoms with van der Waals surface area (Å²) in [6.45, 7) is 3.57. The van der Waals surface area contributed by atoms with Crippen molar-refractivity contribution in [3.63, 3.8) is 0 Å². The number of amides is 1. The number of rotatable bonds is 5. The Bertz CT molecular complexity index is 834. The molecule has 124 valence electrons. The van der Waals surface area contributed by atoms with E-state index in [1.165, 1.54) is 6.21 Å². The minimum atomic E-state index is -0.380. The molecule has 0 saturated carbocycles. The topological polar surface area (TPSA) is 79.4 Å². The fraction of sp³-hybridized carbons (Fsp3) is 0.235. The van der Waals surface area contributed by atoms with Crippen LogP contribution >= 0.6 is 11.6 Å². The second-order valence-corrected chi connectivity index (χ2v) is 5.67. The van der Waals surface area contributed by atoms with Crippen LogP contribution < -0.4 is 10.2 Å². The van der Waals surface area contributed by atoms with Crippen molar-refractivity contribution >= 4 is 23.7 Å². The zero-order chi connectivity index (χ0) is 17.7. The summed E-state index contributed by atoms with van der Waals surface area (Å²) in [5.74, 6) is 0.214. The first-order chi connectivity index (χ1) is 11.4. The van der Waals surface area contributed by atoms with Gasteiger partial charge < -0.3 is 9.30 Å². The molecule has 0 radical (unpaired) electrons. The minimum absolute atomic E-state index is 0.156. The van der Waals surface area contributed by atoms with Crippen LogP contribution in [0, 0.1) is 25.2 Å². The van der Waals surface area contributed by atoms with Gasteiger partial charge in [-0.3, -0.25) is 4.79 Å². The third-order valence-electron chi connectivity index (χ3n) is 3.58. The highest BCUT2D eigenvalue weighted by Gasteiger charge is 2.07. The average Bonchev–Trinajstić information content (AvgIpc) is 2.82. The fourth-order valence-electron chi connectivity index (χ4n) is 2.08. The van der Waals surface area contributed by atoms with Gasteiger partial charge in [-0.05, 0) is 43.7 Å². The summed E-state index contributed by atoms with van der Waals surface area (Å²) in [6, 6.07) is 8.97. The monoisotopic (exact) mass is 344 g/mol. The number of aryl methyl sites for hydroxylation is 1. The van der Waals surface area contributed by atoms with E-state index < -0.39 is 0 Å². The molecular weight excluding hydrogens is 328 g/mol. The molecule has 6 nitrogen and oxygen atoms in total. The Hall–Kier alpha value is -2.78. The number of carbonyl (C=O) groups is 1. The Morgan fingerprint density at radius 2 is 2.21 bits per heavy atom. The van der Waals surface area contributed by atoms with Gasteiger partial charge in [-0.25, -0.2) is 5.43 Å². The second-order valence-electron chi connectivity index (χ2n) is 5.23. The number of carbonyl (C=O) groups excluding carboxylic acids is 1. The molecule has 0 aliphatic rings. The van der Waals surface area contributed by atoms with Gasteiger partial charge in [-0.1, -0.05) is 11.6 Å². The number of nitrogens with one attached hydrogen (secondary N) is 1. The van der Waals surface area contributed by atoms with E-state index in [1.807, 2.05) is 13.8 Å². The summed E-state index contributed by atoms with van der Waals surface area (Å²) < 4.78 is 7.19. The molecule has 1 amide bonds. The van der Waals surface area contributed by atoms with Gasteiger partial charge in [0.2, 0.25) is 0 Å². The zero-order valence-corrected chi connectivity index (χ0v) is 14.4. The number of halogens is 1. The highest BCUT2D eigenvalue weighted by atomic mass is 35.5. The quantitative estimate of drug-likeness (QED) is 0.669. The van der Waals surface area contributed by atoms with Crippen molar-refractivity contribution in [3.8, 4) is 11.8 Å². The molecule has 7 heteroatoms. The molecule has 0 saturated heterocycles. The van der Waals surface area contributed by atoms with Gasteiger partial charge in [-0.15, -0.1) is 0 Å². The van der Waals surface area contributed by atoms with Crippen LogP contribution in [0.5, 0.6) is 5.75 Å². The normalized spacial score (nSPS) is 10.6. The van der Waals surface area contributed by atoms with E-state index >= 15 is 0 Å². The number of hydrogen-bond acceptors (Lipinski definition) is 4. The van der Waals surface area contributed by atoms with E-state index in [0.29, 0.717) is 16.5 Å². The molecule has 0 aliphatic heterocycles. The van der Waals surface area contributed by atoms with Crippen molar-refractivity contribution < 1.29 is 9.53 Å². The van der Waals surface area contributed by atoms with Gasteiger partial charge in [0.05, 0.1) is 6.21 Å². The molecule has 1 heterocycles. The number of benzene rings is 1. The Kier molecular flexibility index (Phi) is 5.61. The van der Waals surface area contributed by atoms with Crippen LogP contribution in [0.1, 0.15) is 22.5 Å². The SMILES string of the molecule is Cc1cc(Cl)ccc1OCC(=O)N/N=C\c1cc(C#N)n(C)c1C. The third-order valence-corrected chi connectivity index (χ3v) is 3.81. The number of nitrogens with zero attached hydrogens (tertiary/aromatic N) is 3. The van der Waals surface area contributed by atoms with E-state index in [4.69, 9.17) is 21.6 Å². The van der Waals surface area contributed by atoms with Crippen molar-refractivity contribution in [1.82, 2.24) is 9.99 Å². The number of aromatic nitrogens is 1. The predicted octanol–water partition coefficient (Wildman–Crippen LogP) is 2.70. The van der Waals surface area contributed by atoms with Crippen LogP contribution in [0.25, 0.3) is 0 Å². The molecule has 0 spiro atoms. The molecule has 1 N–H and O–H groups in total. The average molecular weight is 345 g/mol. The van der Waals surface area contributed by atoms with Crippen LogP contribution in [-0.4, -0.2) is 23.3 Å². The van der Waals surface area contributed by atoms with Gasteiger partial charge in [-0.2, -0.15) is 10.4 Å². The van der Waals surface area contributed by atoms with Gasteiger partial charge in [0, 0.05) is 23.3 Å². The summed E-state index contributed by atoms with van der Waals surface area (Å²) >= 11 is 5.87. The Morgan fingerprint density at radius 3 is 2.83 bits per heavy atom. The predicted molar refractivity (Wildman–Crippen MR) is 92.3 cm³/mol. The number of hydrazone groups is 1. The third kappa shape index (κ3) is 4.15. The zero-order valence-electron chi connectivity index (χ0n) is 13.6. The largest absolute Gasteiger partial charge is 0.483 e. The summed E-state index contributed by atoms with van der Waals surface area (Å²) in [6.07, 6.45) is 1.50. The van der Waals surface area contributed by atoms with Crippen LogP contribution in [0.4, 0.5) is 0 Å². The molecule has 2 rings (SSSR count). The van der Waals surface area contributed by atoms with E-state index in [1.54, 1.807) is 35.9 Å². The number of hydrogen-bond donors (Lipinski definition) is 1. The minimum Gasteiger partial charge on any atom is -0.483 e. The van der Waals surface area contributed by atoms with E-state index in [-0.39, 0.29) is 12.5 Å². The van der Waals surface area contributed by atoms with E-state index in [2.05, 4.69) is 16.6 Å².